The first-order valence-corrected chi connectivity index (χ1v) is 6.08. The lowest BCUT2D eigenvalue weighted by Gasteiger charge is -2.36. The van der Waals surface area contributed by atoms with E-state index in [-0.39, 0.29) is 0 Å². The van der Waals surface area contributed by atoms with Gasteiger partial charge >= 0.3 is 0 Å². The summed E-state index contributed by atoms with van der Waals surface area (Å²) in [6.07, 6.45) is 2.82. The van der Waals surface area contributed by atoms with E-state index in [1.165, 1.54) is 0 Å². The molecule has 1 aliphatic carbocycles. The lowest BCUT2D eigenvalue weighted by molar-refractivity contribution is -0.0201. The Morgan fingerprint density at radius 3 is 2.75 bits per heavy atom. The summed E-state index contributed by atoms with van der Waals surface area (Å²) in [5, 5.41) is 21.9. The molecule has 0 atom stereocenters. The van der Waals surface area contributed by atoms with E-state index in [9.17, 15) is 5.11 Å². The molecule has 2 rings (SSSR count). The maximum atomic E-state index is 9.93. The van der Waals surface area contributed by atoms with Crippen LogP contribution in [0.5, 0.6) is 0 Å². The first kappa shape index (κ1) is 11.4. The fourth-order valence-corrected chi connectivity index (χ4v) is 2.28. The highest BCUT2D eigenvalue weighted by Gasteiger charge is 2.33. The molecule has 0 amide bonds. The van der Waals surface area contributed by atoms with Crippen LogP contribution in [0.1, 0.15) is 24.8 Å². The molecule has 1 aliphatic rings. The second kappa shape index (κ2) is 4.44. The third-order valence-electron chi connectivity index (χ3n) is 2.93. The van der Waals surface area contributed by atoms with Crippen molar-refractivity contribution >= 4 is 21.6 Å². The number of anilines is 1. The highest BCUT2D eigenvalue weighted by atomic mass is 79.9. The lowest BCUT2D eigenvalue weighted by atomic mass is 9.80. The fraction of sp³-hybridized carbons (Fsp3) is 0.417. The number of hydrogen-bond donors (Lipinski definition) is 2. The van der Waals surface area contributed by atoms with Crippen LogP contribution in [0.4, 0.5) is 5.69 Å². The number of halogens is 1. The van der Waals surface area contributed by atoms with Crippen LogP contribution in [0.25, 0.3) is 0 Å². The predicted octanol–water partition coefficient (Wildman–Crippen LogP) is 2.65. The van der Waals surface area contributed by atoms with Crippen molar-refractivity contribution in [2.45, 2.75) is 24.9 Å². The van der Waals surface area contributed by atoms with Crippen LogP contribution >= 0.6 is 15.9 Å². The van der Waals surface area contributed by atoms with E-state index in [1.807, 2.05) is 6.07 Å². The summed E-state index contributed by atoms with van der Waals surface area (Å²) in [6.45, 7) is 0.550. The third-order valence-corrected chi connectivity index (χ3v) is 3.39. The molecule has 0 unspecified atom stereocenters. The Morgan fingerprint density at radius 1 is 1.44 bits per heavy atom. The minimum absolute atomic E-state index is 0.547. The normalized spacial score (nSPS) is 17.3. The average Bonchev–Trinajstić information content (AvgIpc) is 2.23. The largest absolute Gasteiger partial charge is 0.388 e. The molecule has 1 saturated carbocycles. The van der Waals surface area contributed by atoms with Crippen LogP contribution in [0.2, 0.25) is 0 Å². The second-order valence-corrected chi connectivity index (χ2v) is 5.19. The molecule has 0 aromatic heterocycles. The molecule has 1 fully saturated rings. The number of hydrogen-bond acceptors (Lipinski definition) is 3. The summed E-state index contributed by atoms with van der Waals surface area (Å²) < 4.78 is 0.870. The Hall–Kier alpha value is -1.05. The molecule has 0 heterocycles. The van der Waals surface area contributed by atoms with Gasteiger partial charge in [-0.15, -0.1) is 0 Å². The van der Waals surface area contributed by atoms with Crippen molar-refractivity contribution in [1.82, 2.24) is 0 Å². The van der Waals surface area contributed by atoms with Gasteiger partial charge in [-0.05, 0) is 37.5 Å². The van der Waals surface area contributed by atoms with Crippen LogP contribution in [-0.4, -0.2) is 17.3 Å². The fourth-order valence-electron chi connectivity index (χ4n) is 1.78. The summed E-state index contributed by atoms with van der Waals surface area (Å²) in [5.41, 5.74) is 0.929. The summed E-state index contributed by atoms with van der Waals surface area (Å²) in [4.78, 5) is 0. The molecule has 0 bridgehead atoms. The first-order valence-electron chi connectivity index (χ1n) is 5.28. The smallest absolute Gasteiger partial charge is 0.0992 e. The number of nitriles is 1. The maximum absolute atomic E-state index is 9.93. The Kier molecular flexibility index (Phi) is 3.17. The van der Waals surface area contributed by atoms with Gasteiger partial charge in [0.25, 0.3) is 0 Å². The topological polar surface area (TPSA) is 56.0 Å². The van der Waals surface area contributed by atoms with Gasteiger partial charge in [-0.3, -0.25) is 0 Å². The first-order chi connectivity index (χ1) is 7.61. The second-order valence-electron chi connectivity index (χ2n) is 4.27. The van der Waals surface area contributed by atoms with E-state index in [1.54, 1.807) is 12.1 Å². The summed E-state index contributed by atoms with van der Waals surface area (Å²) in [6, 6.07) is 7.56. The van der Waals surface area contributed by atoms with Crippen molar-refractivity contribution in [1.29, 1.82) is 5.26 Å². The molecule has 1 aromatic rings. The number of aliphatic hydroxyl groups is 1. The van der Waals surface area contributed by atoms with E-state index in [0.29, 0.717) is 12.1 Å². The average molecular weight is 281 g/mol. The van der Waals surface area contributed by atoms with Crippen molar-refractivity contribution in [3.8, 4) is 6.07 Å². The van der Waals surface area contributed by atoms with Crippen molar-refractivity contribution < 1.29 is 5.11 Å². The van der Waals surface area contributed by atoms with Crippen molar-refractivity contribution in [2.24, 2.45) is 0 Å². The molecule has 2 N–H and O–H groups in total. The van der Waals surface area contributed by atoms with Crippen molar-refractivity contribution in [3.05, 3.63) is 28.2 Å². The van der Waals surface area contributed by atoms with Gasteiger partial charge in [0.15, 0.2) is 0 Å². The lowest BCUT2D eigenvalue weighted by Crippen LogP contribution is -2.43. The van der Waals surface area contributed by atoms with Gasteiger partial charge in [-0.25, -0.2) is 0 Å². The summed E-state index contributed by atoms with van der Waals surface area (Å²) >= 11 is 3.35. The highest BCUT2D eigenvalue weighted by Crippen LogP contribution is 2.32. The monoisotopic (exact) mass is 280 g/mol. The number of benzene rings is 1. The number of rotatable bonds is 3. The maximum Gasteiger partial charge on any atom is 0.0992 e. The molecular formula is C12H13BrN2O. The summed E-state index contributed by atoms with van der Waals surface area (Å²) in [7, 11) is 0. The standard InChI is InChI=1S/C12H13BrN2O/c13-10-4-9(7-14)5-11(6-10)15-8-12(16)2-1-3-12/h4-6,15-16H,1-3,8H2. The Bertz CT molecular complexity index is 435. The molecule has 1 aromatic carbocycles. The van der Waals surface area contributed by atoms with Crippen molar-refractivity contribution in [3.63, 3.8) is 0 Å². The molecule has 4 heteroatoms. The van der Waals surface area contributed by atoms with Gasteiger partial charge in [0, 0.05) is 16.7 Å². The van der Waals surface area contributed by atoms with Crippen LogP contribution in [0.15, 0.2) is 22.7 Å². The quantitative estimate of drug-likeness (QED) is 0.895. The molecule has 0 saturated heterocycles. The minimum atomic E-state index is -0.547. The van der Waals surface area contributed by atoms with Gasteiger partial charge in [0.05, 0.1) is 17.2 Å². The Morgan fingerprint density at radius 2 is 2.19 bits per heavy atom. The number of nitrogens with one attached hydrogen (secondary N) is 1. The van der Waals surface area contributed by atoms with E-state index >= 15 is 0 Å². The molecule has 3 nitrogen and oxygen atoms in total. The van der Waals surface area contributed by atoms with Gasteiger partial charge in [0.1, 0.15) is 0 Å². The van der Waals surface area contributed by atoms with Crippen LogP contribution < -0.4 is 5.32 Å². The third kappa shape index (κ3) is 2.55. The van der Waals surface area contributed by atoms with Crippen LogP contribution in [0.3, 0.4) is 0 Å². The number of nitrogens with zero attached hydrogens (tertiary/aromatic N) is 1. The van der Waals surface area contributed by atoms with Crippen molar-refractivity contribution in [2.75, 3.05) is 11.9 Å². The summed E-state index contributed by atoms with van der Waals surface area (Å²) in [5.74, 6) is 0. The van der Waals surface area contributed by atoms with Gasteiger partial charge in [0.2, 0.25) is 0 Å². The highest BCUT2D eigenvalue weighted by molar-refractivity contribution is 9.10. The molecule has 0 spiro atoms. The van der Waals surface area contributed by atoms with E-state index in [2.05, 4.69) is 27.3 Å². The van der Waals surface area contributed by atoms with Gasteiger partial charge < -0.3 is 10.4 Å². The van der Waals surface area contributed by atoms with Gasteiger partial charge in [-0.2, -0.15) is 5.26 Å². The van der Waals surface area contributed by atoms with Gasteiger partial charge in [-0.1, -0.05) is 15.9 Å². The van der Waals surface area contributed by atoms with E-state index < -0.39 is 5.60 Å². The van der Waals surface area contributed by atoms with E-state index in [4.69, 9.17) is 5.26 Å². The zero-order chi connectivity index (χ0) is 11.6. The molecule has 0 aliphatic heterocycles. The molecule has 0 radical (unpaired) electrons. The van der Waals surface area contributed by atoms with Crippen LogP contribution in [0, 0.1) is 11.3 Å². The predicted molar refractivity (Wildman–Crippen MR) is 66.1 cm³/mol. The molecular weight excluding hydrogens is 268 g/mol. The Labute approximate surface area is 103 Å². The zero-order valence-electron chi connectivity index (χ0n) is 8.83. The minimum Gasteiger partial charge on any atom is -0.388 e. The Balaban J connectivity index is 2.04. The van der Waals surface area contributed by atoms with E-state index in [0.717, 1.165) is 29.4 Å². The molecule has 84 valence electrons. The molecule has 16 heavy (non-hydrogen) atoms. The van der Waals surface area contributed by atoms with Crippen LogP contribution in [-0.2, 0) is 0 Å². The SMILES string of the molecule is N#Cc1cc(Br)cc(NCC2(O)CCC2)c1. The zero-order valence-corrected chi connectivity index (χ0v) is 10.4.